The lowest BCUT2D eigenvalue weighted by Crippen LogP contribution is -2.37. The standard InChI is InChI=1S/C19H22ClF2N7O/c1-17-7-28(14-13(20)6-23-16(27-14)26-11-4-24-25-5-11)8-18(17,2)10-29(9-17)15(30)12-3-19(12,21)22/h4-6,12H,3,7-10H2,1-2H3,(H,24,25)(H,23,26,27)/t12-,17-,18+/m0/s1. The van der Waals surface area contributed by atoms with Crippen LogP contribution in [-0.4, -0.2) is 63.1 Å². The molecule has 2 aromatic heterocycles. The highest BCUT2D eigenvalue weighted by Crippen LogP contribution is 2.55. The number of alkyl halides is 2. The summed E-state index contributed by atoms with van der Waals surface area (Å²) < 4.78 is 26.8. The highest BCUT2D eigenvalue weighted by molar-refractivity contribution is 6.32. The smallest absolute Gasteiger partial charge is 0.260 e. The normalized spacial score (nSPS) is 31.7. The number of nitrogens with zero attached hydrogens (tertiary/aromatic N) is 5. The zero-order valence-electron chi connectivity index (χ0n) is 16.6. The number of carbonyl (C=O) groups is 1. The van der Waals surface area contributed by atoms with Crippen LogP contribution in [0.15, 0.2) is 18.6 Å². The molecule has 3 atom stereocenters. The van der Waals surface area contributed by atoms with Crippen LogP contribution in [0.1, 0.15) is 20.3 Å². The highest BCUT2D eigenvalue weighted by Gasteiger charge is 2.65. The van der Waals surface area contributed by atoms with Gasteiger partial charge in [0.1, 0.15) is 10.9 Å². The van der Waals surface area contributed by atoms with E-state index in [1.165, 1.54) is 0 Å². The van der Waals surface area contributed by atoms with Gasteiger partial charge in [-0.15, -0.1) is 0 Å². The Balaban J connectivity index is 1.34. The Morgan fingerprint density at radius 1 is 1.23 bits per heavy atom. The van der Waals surface area contributed by atoms with E-state index in [0.29, 0.717) is 43.0 Å². The summed E-state index contributed by atoms with van der Waals surface area (Å²) >= 11 is 6.41. The molecule has 3 fully saturated rings. The maximum Gasteiger partial charge on any atom is 0.260 e. The number of hydrogen-bond donors (Lipinski definition) is 2. The predicted molar refractivity (Wildman–Crippen MR) is 107 cm³/mol. The van der Waals surface area contributed by atoms with Crippen LogP contribution in [0.5, 0.6) is 0 Å². The van der Waals surface area contributed by atoms with Gasteiger partial charge in [-0.2, -0.15) is 10.1 Å². The van der Waals surface area contributed by atoms with Gasteiger partial charge in [0, 0.05) is 49.6 Å². The van der Waals surface area contributed by atoms with Gasteiger partial charge < -0.3 is 15.1 Å². The summed E-state index contributed by atoms with van der Waals surface area (Å²) in [5, 5.41) is 10.1. The highest BCUT2D eigenvalue weighted by atomic mass is 35.5. The van der Waals surface area contributed by atoms with Gasteiger partial charge >= 0.3 is 0 Å². The molecule has 0 spiro atoms. The minimum absolute atomic E-state index is 0.251. The molecule has 11 heteroatoms. The van der Waals surface area contributed by atoms with Crippen molar-refractivity contribution in [2.24, 2.45) is 16.7 Å². The topological polar surface area (TPSA) is 90.0 Å². The van der Waals surface area contributed by atoms with Crippen LogP contribution < -0.4 is 10.2 Å². The summed E-state index contributed by atoms with van der Waals surface area (Å²) in [6, 6.07) is 0. The van der Waals surface area contributed by atoms with Gasteiger partial charge in [-0.1, -0.05) is 25.4 Å². The van der Waals surface area contributed by atoms with Gasteiger partial charge in [0.25, 0.3) is 5.92 Å². The first-order chi connectivity index (χ1) is 14.1. The van der Waals surface area contributed by atoms with E-state index in [9.17, 15) is 13.6 Å². The molecule has 2 N–H and O–H groups in total. The number of H-pyrrole nitrogens is 1. The minimum Gasteiger partial charge on any atom is -0.354 e. The number of nitrogens with one attached hydrogen (secondary N) is 2. The fraction of sp³-hybridized carbons (Fsp3) is 0.579. The first-order valence-corrected chi connectivity index (χ1v) is 10.2. The molecule has 0 aromatic carbocycles. The fourth-order valence-corrected chi connectivity index (χ4v) is 4.97. The molecular weight excluding hydrogens is 416 g/mol. The number of hydrogen-bond acceptors (Lipinski definition) is 6. The van der Waals surface area contributed by atoms with Crippen LogP contribution in [0, 0.1) is 16.7 Å². The third kappa shape index (κ3) is 3.00. The monoisotopic (exact) mass is 437 g/mol. The number of fused-ring (bicyclic) bond motifs is 1. The van der Waals surface area contributed by atoms with Crippen LogP contribution in [0.2, 0.25) is 5.02 Å². The largest absolute Gasteiger partial charge is 0.354 e. The summed E-state index contributed by atoms with van der Waals surface area (Å²) in [6.45, 7) is 6.35. The molecule has 8 nitrogen and oxygen atoms in total. The van der Waals surface area contributed by atoms with E-state index in [-0.39, 0.29) is 17.3 Å². The van der Waals surface area contributed by atoms with Crippen molar-refractivity contribution >= 4 is 35.0 Å². The second kappa shape index (κ2) is 6.26. The summed E-state index contributed by atoms with van der Waals surface area (Å²) in [6.07, 6.45) is 4.53. The summed E-state index contributed by atoms with van der Waals surface area (Å²) in [5.41, 5.74) is 0.227. The molecule has 0 radical (unpaired) electrons. The molecule has 1 saturated carbocycles. The van der Waals surface area contributed by atoms with Gasteiger partial charge in [-0.05, 0) is 0 Å². The molecular formula is C19H22ClF2N7O. The van der Waals surface area contributed by atoms with E-state index >= 15 is 0 Å². The van der Waals surface area contributed by atoms with Crippen molar-refractivity contribution in [1.82, 2.24) is 25.1 Å². The minimum atomic E-state index is -2.84. The number of aromatic nitrogens is 4. The number of likely N-dealkylation sites (tertiary alicyclic amines) is 1. The Kier molecular flexibility index (Phi) is 4.06. The molecule has 3 aliphatic rings. The van der Waals surface area contributed by atoms with Crippen molar-refractivity contribution in [3.63, 3.8) is 0 Å². The third-order valence-electron chi connectivity index (χ3n) is 6.83. The molecule has 1 aliphatic carbocycles. The average Bonchev–Trinajstić information content (AvgIpc) is 3.00. The van der Waals surface area contributed by atoms with E-state index in [2.05, 4.69) is 44.2 Å². The maximum atomic E-state index is 13.4. The number of halogens is 3. The van der Waals surface area contributed by atoms with Gasteiger partial charge in [-0.25, -0.2) is 13.8 Å². The van der Waals surface area contributed by atoms with Crippen LogP contribution in [0.25, 0.3) is 0 Å². The Hall–Kier alpha value is -2.49. The van der Waals surface area contributed by atoms with Gasteiger partial charge in [-0.3, -0.25) is 9.89 Å². The van der Waals surface area contributed by atoms with Crippen LogP contribution in [0.3, 0.4) is 0 Å². The first-order valence-electron chi connectivity index (χ1n) is 9.80. The number of carbonyl (C=O) groups excluding carboxylic acids is 1. The fourth-order valence-electron chi connectivity index (χ4n) is 4.76. The Bertz CT molecular complexity index is 983. The van der Waals surface area contributed by atoms with Crippen LogP contribution in [0.4, 0.5) is 26.2 Å². The molecule has 2 aliphatic heterocycles. The Labute approximate surface area is 177 Å². The van der Waals surface area contributed by atoms with E-state index in [4.69, 9.17) is 11.6 Å². The Morgan fingerprint density at radius 2 is 1.90 bits per heavy atom. The lowest BCUT2D eigenvalue weighted by molar-refractivity contribution is -0.134. The number of anilines is 3. The zero-order chi connectivity index (χ0) is 21.3. The second-order valence-electron chi connectivity index (χ2n) is 9.17. The lowest BCUT2D eigenvalue weighted by Gasteiger charge is -2.29. The molecule has 30 heavy (non-hydrogen) atoms. The summed E-state index contributed by atoms with van der Waals surface area (Å²) in [5.74, 6) is -3.39. The van der Waals surface area contributed by atoms with Crippen molar-refractivity contribution in [3.8, 4) is 0 Å². The number of aromatic amines is 1. The molecule has 4 heterocycles. The van der Waals surface area contributed by atoms with Crippen molar-refractivity contribution in [2.45, 2.75) is 26.2 Å². The maximum absolute atomic E-state index is 13.4. The molecule has 1 amide bonds. The van der Waals surface area contributed by atoms with Crippen LogP contribution >= 0.6 is 11.6 Å². The molecule has 160 valence electrons. The van der Waals surface area contributed by atoms with Crippen molar-refractivity contribution in [3.05, 3.63) is 23.6 Å². The summed E-state index contributed by atoms with van der Waals surface area (Å²) in [7, 11) is 0. The van der Waals surface area contributed by atoms with E-state index in [1.54, 1.807) is 23.5 Å². The second-order valence-corrected chi connectivity index (χ2v) is 9.57. The van der Waals surface area contributed by atoms with Gasteiger partial charge in [0.15, 0.2) is 5.82 Å². The third-order valence-corrected chi connectivity index (χ3v) is 7.10. The molecule has 2 aromatic rings. The van der Waals surface area contributed by atoms with Gasteiger partial charge in [0.2, 0.25) is 11.9 Å². The average molecular weight is 438 g/mol. The number of amides is 1. The Morgan fingerprint density at radius 3 is 2.47 bits per heavy atom. The molecule has 5 rings (SSSR count). The number of rotatable bonds is 4. The SMILES string of the molecule is C[C@@]12CN(C(=O)[C@@H]3CC3(F)F)C[C@]1(C)CN(c1nc(Nc3cn[nH]c3)ncc1Cl)C2. The molecule has 0 unspecified atom stereocenters. The van der Waals surface area contributed by atoms with Crippen molar-refractivity contribution in [1.29, 1.82) is 0 Å². The lowest BCUT2D eigenvalue weighted by atomic mass is 9.71. The van der Waals surface area contributed by atoms with Crippen LogP contribution in [-0.2, 0) is 4.79 Å². The van der Waals surface area contributed by atoms with E-state index in [1.807, 2.05) is 0 Å². The quantitative estimate of drug-likeness (QED) is 0.764. The zero-order valence-corrected chi connectivity index (χ0v) is 17.4. The van der Waals surface area contributed by atoms with E-state index < -0.39 is 17.7 Å². The molecule has 0 bridgehead atoms. The summed E-state index contributed by atoms with van der Waals surface area (Å²) in [4.78, 5) is 25.0. The van der Waals surface area contributed by atoms with Gasteiger partial charge in [0.05, 0.1) is 18.1 Å². The van der Waals surface area contributed by atoms with Crippen molar-refractivity contribution < 1.29 is 13.6 Å². The van der Waals surface area contributed by atoms with E-state index in [0.717, 1.165) is 5.69 Å². The first kappa shape index (κ1) is 19.5. The van der Waals surface area contributed by atoms with Crippen molar-refractivity contribution in [2.75, 3.05) is 36.4 Å². The predicted octanol–water partition coefficient (Wildman–Crippen LogP) is 2.93. The molecule has 2 saturated heterocycles.